The fraction of sp³-hybridized carbons (Fsp3) is 0.273. The van der Waals surface area contributed by atoms with Crippen LogP contribution in [0.15, 0.2) is 27.2 Å². The zero-order valence-electron chi connectivity index (χ0n) is 8.77. The zero-order chi connectivity index (χ0) is 11.5. The number of furan rings is 1. The molecule has 2 rings (SSSR count). The average Bonchev–Trinajstić information content (AvgIpc) is 2.83. The molecular formula is C11H11NO4. The fourth-order valence-electron chi connectivity index (χ4n) is 1.32. The van der Waals surface area contributed by atoms with Gasteiger partial charge in [-0.05, 0) is 19.1 Å². The smallest absolute Gasteiger partial charge is 0.303 e. The van der Waals surface area contributed by atoms with E-state index < -0.39 is 5.97 Å². The van der Waals surface area contributed by atoms with E-state index in [4.69, 9.17) is 13.9 Å². The number of hydrogen-bond donors (Lipinski definition) is 1. The van der Waals surface area contributed by atoms with Crippen LogP contribution < -0.4 is 0 Å². The van der Waals surface area contributed by atoms with Crippen LogP contribution in [0.2, 0.25) is 0 Å². The standard InChI is InChI=1S/C11H11NO4/c1-7-2-4-9(16-7)11-12-8(6-15-11)3-5-10(13)14/h2,4,6H,3,5H2,1H3,(H,13,14). The summed E-state index contributed by atoms with van der Waals surface area (Å²) in [5, 5.41) is 8.53. The largest absolute Gasteiger partial charge is 0.481 e. The maximum Gasteiger partial charge on any atom is 0.303 e. The molecule has 0 aliphatic heterocycles. The molecule has 0 aliphatic carbocycles. The number of carboxylic acids is 1. The second kappa shape index (κ2) is 4.22. The number of carbonyl (C=O) groups is 1. The van der Waals surface area contributed by atoms with Gasteiger partial charge in [-0.2, -0.15) is 0 Å². The van der Waals surface area contributed by atoms with E-state index in [0.717, 1.165) is 5.76 Å². The van der Waals surface area contributed by atoms with Crippen LogP contribution in [0.1, 0.15) is 17.9 Å². The summed E-state index contributed by atoms with van der Waals surface area (Å²) in [5.74, 6) is 0.867. The van der Waals surface area contributed by atoms with Gasteiger partial charge in [0.05, 0.1) is 12.1 Å². The predicted molar refractivity (Wildman–Crippen MR) is 54.9 cm³/mol. The van der Waals surface area contributed by atoms with Crippen molar-refractivity contribution in [2.75, 3.05) is 0 Å². The molecule has 0 bridgehead atoms. The second-order valence-corrected chi connectivity index (χ2v) is 3.45. The van der Waals surface area contributed by atoms with Crippen molar-refractivity contribution in [2.45, 2.75) is 19.8 Å². The number of rotatable bonds is 4. The van der Waals surface area contributed by atoms with Gasteiger partial charge < -0.3 is 13.9 Å². The van der Waals surface area contributed by atoms with Crippen LogP contribution in [0.5, 0.6) is 0 Å². The van der Waals surface area contributed by atoms with E-state index in [9.17, 15) is 4.79 Å². The first-order chi connectivity index (χ1) is 7.65. The normalized spacial score (nSPS) is 10.6. The number of aromatic nitrogens is 1. The van der Waals surface area contributed by atoms with Crippen molar-refractivity contribution >= 4 is 5.97 Å². The minimum absolute atomic E-state index is 0.0448. The minimum Gasteiger partial charge on any atom is -0.481 e. The maximum absolute atomic E-state index is 10.4. The van der Waals surface area contributed by atoms with Crippen molar-refractivity contribution in [3.05, 3.63) is 29.9 Å². The molecule has 0 aromatic carbocycles. The van der Waals surface area contributed by atoms with Gasteiger partial charge in [0, 0.05) is 6.42 Å². The predicted octanol–water partition coefficient (Wildman–Crippen LogP) is 2.26. The first kappa shape index (κ1) is 10.5. The van der Waals surface area contributed by atoms with Crippen molar-refractivity contribution in [1.82, 2.24) is 4.98 Å². The Morgan fingerprint density at radius 1 is 1.50 bits per heavy atom. The molecule has 2 heterocycles. The summed E-state index contributed by atoms with van der Waals surface area (Å²) in [7, 11) is 0. The average molecular weight is 221 g/mol. The Hall–Kier alpha value is -2.04. The molecule has 0 saturated carbocycles. The second-order valence-electron chi connectivity index (χ2n) is 3.45. The lowest BCUT2D eigenvalue weighted by Gasteiger charge is -1.89. The zero-order valence-corrected chi connectivity index (χ0v) is 8.77. The number of nitrogens with zero attached hydrogens (tertiary/aromatic N) is 1. The van der Waals surface area contributed by atoms with E-state index in [1.54, 1.807) is 6.07 Å². The van der Waals surface area contributed by atoms with Gasteiger partial charge in [-0.25, -0.2) is 4.98 Å². The van der Waals surface area contributed by atoms with Crippen LogP contribution in [0.3, 0.4) is 0 Å². The maximum atomic E-state index is 10.4. The van der Waals surface area contributed by atoms with Crippen molar-refractivity contribution in [3.63, 3.8) is 0 Å². The molecule has 0 saturated heterocycles. The molecule has 5 nitrogen and oxygen atoms in total. The molecule has 0 aliphatic rings. The first-order valence-corrected chi connectivity index (χ1v) is 4.88. The monoisotopic (exact) mass is 221 g/mol. The van der Waals surface area contributed by atoms with E-state index in [-0.39, 0.29) is 6.42 Å². The summed E-state index contributed by atoms with van der Waals surface area (Å²) in [6, 6.07) is 3.58. The summed E-state index contributed by atoms with van der Waals surface area (Å²) >= 11 is 0. The van der Waals surface area contributed by atoms with Gasteiger partial charge >= 0.3 is 5.97 Å². The van der Waals surface area contributed by atoms with Gasteiger partial charge in [0.25, 0.3) is 5.89 Å². The summed E-state index contributed by atoms with van der Waals surface area (Å²) < 4.78 is 10.5. The topological polar surface area (TPSA) is 76.5 Å². The summed E-state index contributed by atoms with van der Waals surface area (Å²) in [6.07, 6.45) is 1.86. The third kappa shape index (κ3) is 2.31. The Morgan fingerprint density at radius 2 is 2.31 bits per heavy atom. The van der Waals surface area contributed by atoms with E-state index in [1.165, 1.54) is 6.26 Å². The van der Waals surface area contributed by atoms with Crippen LogP contribution in [-0.2, 0) is 11.2 Å². The summed E-state index contributed by atoms with van der Waals surface area (Å²) in [5.41, 5.74) is 0.617. The molecule has 0 amide bonds. The highest BCUT2D eigenvalue weighted by Gasteiger charge is 2.10. The lowest BCUT2D eigenvalue weighted by atomic mass is 10.2. The van der Waals surface area contributed by atoms with Crippen LogP contribution in [0.25, 0.3) is 11.7 Å². The Morgan fingerprint density at radius 3 is 2.94 bits per heavy atom. The van der Waals surface area contributed by atoms with E-state index in [1.807, 2.05) is 13.0 Å². The molecule has 0 unspecified atom stereocenters. The molecule has 2 aromatic rings. The Bertz CT molecular complexity index is 498. The first-order valence-electron chi connectivity index (χ1n) is 4.88. The SMILES string of the molecule is Cc1ccc(-c2nc(CCC(=O)O)co2)o1. The van der Waals surface area contributed by atoms with Gasteiger partial charge in [-0.15, -0.1) is 0 Å². The number of aryl methyl sites for hydroxylation is 2. The third-order valence-electron chi connectivity index (χ3n) is 2.10. The Balaban J connectivity index is 2.10. The lowest BCUT2D eigenvalue weighted by molar-refractivity contribution is -0.136. The van der Waals surface area contributed by atoms with Crippen LogP contribution >= 0.6 is 0 Å². The highest BCUT2D eigenvalue weighted by Crippen LogP contribution is 2.21. The van der Waals surface area contributed by atoms with E-state index >= 15 is 0 Å². The number of carboxylic acid groups (broad SMARTS) is 1. The molecule has 5 heteroatoms. The molecule has 0 fully saturated rings. The van der Waals surface area contributed by atoms with Crippen molar-refractivity contribution in [2.24, 2.45) is 0 Å². The molecule has 2 aromatic heterocycles. The molecule has 0 radical (unpaired) electrons. The van der Waals surface area contributed by atoms with Crippen LogP contribution in [0.4, 0.5) is 0 Å². The van der Waals surface area contributed by atoms with Crippen LogP contribution in [-0.4, -0.2) is 16.1 Å². The van der Waals surface area contributed by atoms with E-state index in [2.05, 4.69) is 4.98 Å². The van der Waals surface area contributed by atoms with Crippen molar-refractivity contribution < 1.29 is 18.7 Å². The van der Waals surface area contributed by atoms with Gasteiger partial charge in [-0.1, -0.05) is 0 Å². The van der Waals surface area contributed by atoms with E-state index in [0.29, 0.717) is 23.8 Å². The number of oxazole rings is 1. The molecule has 0 spiro atoms. The Kier molecular flexibility index (Phi) is 2.76. The highest BCUT2D eigenvalue weighted by molar-refractivity contribution is 5.67. The highest BCUT2D eigenvalue weighted by atomic mass is 16.4. The molecule has 0 atom stereocenters. The Labute approximate surface area is 91.7 Å². The van der Waals surface area contributed by atoms with Gasteiger partial charge in [0.1, 0.15) is 12.0 Å². The van der Waals surface area contributed by atoms with Crippen molar-refractivity contribution in [1.29, 1.82) is 0 Å². The minimum atomic E-state index is -0.849. The van der Waals surface area contributed by atoms with Crippen molar-refractivity contribution in [3.8, 4) is 11.7 Å². The summed E-state index contributed by atoms with van der Waals surface area (Å²) in [6.45, 7) is 1.83. The number of aliphatic carboxylic acids is 1. The van der Waals surface area contributed by atoms with Crippen LogP contribution in [0, 0.1) is 6.92 Å². The molecule has 16 heavy (non-hydrogen) atoms. The lowest BCUT2D eigenvalue weighted by Crippen LogP contribution is -1.97. The summed E-state index contributed by atoms with van der Waals surface area (Å²) in [4.78, 5) is 14.5. The van der Waals surface area contributed by atoms with Gasteiger partial charge in [-0.3, -0.25) is 4.79 Å². The number of hydrogen-bond acceptors (Lipinski definition) is 4. The van der Waals surface area contributed by atoms with Gasteiger partial charge in [0.2, 0.25) is 0 Å². The van der Waals surface area contributed by atoms with Gasteiger partial charge in [0.15, 0.2) is 5.76 Å². The third-order valence-corrected chi connectivity index (χ3v) is 2.10. The molecule has 84 valence electrons. The molecule has 1 N–H and O–H groups in total. The quantitative estimate of drug-likeness (QED) is 0.856. The molecular weight excluding hydrogens is 210 g/mol. The fourth-order valence-corrected chi connectivity index (χ4v) is 1.32.